The van der Waals surface area contributed by atoms with Gasteiger partial charge in [-0.3, -0.25) is 4.79 Å². The van der Waals surface area contributed by atoms with Crippen LogP contribution in [0.15, 0.2) is 18.2 Å². The fraction of sp³-hybridized carbons (Fsp3) is 0.462. The van der Waals surface area contributed by atoms with E-state index in [1.54, 1.807) is 25.3 Å². The molecule has 0 saturated carbocycles. The molecule has 0 aliphatic carbocycles. The number of aliphatic hydroxyl groups excluding tert-OH is 1. The Balaban J connectivity index is 2.25. The normalized spacial score (nSPS) is 20.4. The molecule has 0 bridgehead atoms. The number of rotatable bonds is 4. The number of ether oxygens (including phenoxy) is 3. The Kier molecular flexibility index (Phi) is 3.72. The summed E-state index contributed by atoms with van der Waals surface area (Å²) in [5.74, 6) is 0.267. The van der Waals surface area contributed by atoms with Gasteiger partial charge in [0.15, 0.2) is 11.5 Å². The quantitative estimate of drug-likeness (QED) is 0.818. The standard InChI is InChI=1S/C13H16O5/c1-16-10-4-3-8(7-11(10)17-2)12(14)9-5-6-18-13(9)15/h3-4,7,9,12,14H,5-6H2,1-2H3/t9-,12-/m1/s1. The molecule has 2 atom stereocenters. The number of hydrogen-bond acceptors (Lipinski definition) is 5. The second kappa shape index (κ2) is 5.27. The molecule has 0 unspecified atom stereocenters. The summed E-state index contributed by atoms with van der Waals surface area (Å²) in [6.07, 6.45) is -0.339. The van der Waals surface area contributed by atoms with Gasteiger partial charge in [-0.15, -0.1) is 0 Å². The van der Waals surface area contributed by atoms with Crippen LogP contribution in [0, 0.1) is 5.92 Å². The molecule has 98 valence electrons. The van der Waals surface area contributed by atoms with Crippen molar-refractivity contribution in [3.8, 4) is 11.5 Å². The van der Waals surface area contributed by atoms with Crippen molar-refractivity contribution in [3.63, 3.8) is 0 Å². The van der Waals surface area contributed by atoms with Gasteiger partial charge in [-0.25, -0.2) is 0 Å². The van der Waals surface area contributed by atoms with Crippen molar-refractivity contribution in [1.29, 1.82) is 0 Å². The summed E-state index contributed by atoms with van der Waals surface area (Å²) in [5, 5.41) is 10.2. The van der Waals surface area contributed by atoms with Gasteiger partial charge in [0.2, 0.25) is 0 Å². The molecule has 0 aromatic heterocycles. The number of carbonyl (C=O) groups is 1. The zero-order valence-electron chi connectivity index (χ0n) is 10.4. The van der Waals surface area contributed by atoms with Crippen LogP contribution in [0.4, 0.5) is 0 Å². The number of cyclic esters (lactones) is 1. The Morgan fingerprint density at radius 3 is 2.61 bits per heavy atom. The van der Waals surface area contributed by atoms with E-state index >= 15 is 0 Å². The molecule has 1 aliphatic heterocycles. The summed E-state index contributed by atoms with van der Waals surface area (Å²) in [6, 6.07) is 5.10. The summed E-state index contributed by atoms with van der Waals surface area (Å²) >= 11 is 0. The Morgan fingerprint density at radius 1 is 1.33 bits per heavy atom. The number of benzene rings is 1. The van der Waals surface area contributed by atoms with Crippen LogP contribution in [-0.2, 0) is 9.53 Å². The highest BCUT2D eigenvalue weighted by atomic mass is 16.5. The largest absolute Gasteiger partial charge is 0.493 e. The van der Waals surface area contributed by atoms with Crippen LogP contribution in [0.25, 0.3) is 0 Å². The molecular weight excluding hydrogens is 236 g/mol. The third-order valence-electron chi connectivity index (χ3n) is 3.11. The van der Waals surface area contributed by atoms with Gasteiger partial charge in [-0.1, -0.05) is 6.07 Å². The molecule has 18 heavy (non-hydrogen) atoms. The predicted molar refractivity (Wildman–Crippen MR) is 63.6 cm³/mol. The smallest absolute Gasteiger partial charge is 0.312 e. The van der Waals surface area contributed by atoms with Crippen molar-refractivity contribution in [2.24, 2.45) is 5.92 Å². The summed E-state index contributed by atoms with van der Waals surface area (Å²) in [4.78, 5) is 11.4. The molecule has 1 fully saturated rings. The predicted octanol–water partition coefficient (Wildman–Crippen LogP) is 1.30. The van der Waals surface area contributed by atoms with Gasteiger partial charge >= 0.3 is 5.97 Å². The van der Waals surface area contributed by atoms with E-state index in [1.165, 1.54) is 7.11 Å². The van der Waals surface area contributed by atoms with E-state index in [1.807, 2.05) is 0 Å². The minimum atomic E-state index is -0.875. The number of aliphatic hydroxyl groups is 1. The number of hydrogen-bond donors (Lipinski definition) is 1. The zero-order chi connectivity index (χ0) is 13.1. The van der Waals surface area contributed by atoms with Crippen molar-refractivity contribution in [2.45, 2.75) is 12.5 Å². The van der Waals surface area contributed by atoms with Crippen molar-refractivity contribution in [2.75, 3.05) is 20.8 Å². The highest BCUT2D eigenvalue weighted by Crippen LogP contribution is 2.34. The minimum absolute atomic E-state index is 0.350. The molecule has 5 heteroatoms. The van der Waals surface area contributed by atoms with Crippen LogP contribution in [0.5, 0.6) is 11.5 Å². The van der Waals surface area contributed by atoms with Crippen LogP contribution in [0.1, 0.15) is 18.1 Å². The van der Waals surface area contributed by atoms with E-state index in [-0.39, 0.29) is 5.97 Å². The summed E-state index contributed by atoms with van der Waals surface area (Å²) < 4.78 is 15.1. The average Bonchev–Trinajstić information content (AvgIpc) is 2.83. The molecule has 2 rings (SSSR count). The molecule has 5 nitrogen and oxygen atoms in total. The fourth-order valence-electron chi connectivity index (χ4n) is 2.07. The first-order valence-electron chi connectivity index (χ1n) is 5.74. The van der Waals surface area contributed by atoms with Crippen molar-refractivity contribution in [3.05, 3.63) is 23.8 Å². The van der Waals surface area contributed by atoms with E-state index in [4.69, 9.17) is 14.2 Å². The van der Waals surface area contributed by atoms with E-state index in [0.717, 1.165) is 0 Å². The van der Waals surface area contributed by atoms with Crippen LogP contribution in [0.2, 0.25) is 0 Å². The lowest BCUT2D eigenvalue weighted by Crippen LogP contribution is -2.17. The van der Waals surface area contributed by atoms with Crippen LogP contribution in [-0.4, -0.2) is 31.9 Å². The summed E-state index contributed by atoms with van der Waals surface area (Å²) in [7, 11) is 3.07. The third-order valence-corrected chi connectivity index (χ3v) is 3.11. The molecule has 0 amide bonds. The van der Waals surface area contributed by atoms with Crippen LogP contribution < -0.4 is 9.47 Å². The Hall–Kier alpha value is -1.75. The maximum absolute atomic E-state index is 11.4. The summed E-state index contributed by atoms with van der Waals surface area (Å²) in [6.45, 7) is 0.369. The molecule has 1 aromatic carbocycles. The van der Waals surface area contributed by atoms with Gasteiger partial charge in [-0.05, 0) is 24.1 Å². The molecule has 0 spiro atoms. The average molecular weight is 252 g/mol. The number of methoxy groups -OCH3 is 2. The fourth-order valence-corrected chi connectivity index (χ4v) is 2.07. The molecule has 1 aliphatic rings. The monoisotopic (exact) mass is 252 g/mol. The van der Waals surface area contributed by atoms with Gasteiger partial charge < -0.3 is 19.3 Å². The molecular formula is C13H16O5. The Labute approximate surface area is 105 Å². The Morgan fingerprint density at radius 2 is 2.06 bits per heavy atom. The van der Waals surface area contributed by atoms with Crippen molar-refractivity contribution < 1.29 is 24.1 Å². The van der Waals surface area contributed by atoms with Crippen LogP contribution in [0.3, 0.4) is 0 Å². The zero-order valence-corrected chi connectivity index (χ0v) is 10.4. The summed E-state index contributed by atoms with van der Waals surface area (Å²) in [5.41, 5.74) is 0.622. The van der Waals surface area contributed by atoms with E-state index < -0.39 is 12.0 Å². The molecule has 1 aromatic rings. The SMILES string of the molecule is COc1ccc([C@@H](O)[C@H]2CCOC2=O)cc1OC. The molecule has 0 radical (unpaired) electrons. The Bertz CT molecular complexity index is 443. The molecule has 1 heterocycles. The number of esters is 1. The lowest BCUT2D eigenvalue weighted by molar-refractivity contribution is -0.144. The highest BCUT2D eigenvalue weighted by molar-refractivity contribution is 5.75. The molecule has 1 saturated heterocycles. The first-order chi connectivity index (χ1) is 8.67. The lowest BCUT2D eigenvalue weighted by atomic mass is 9.94. The van der Waals surface area contributed by atoms with Crippen molar-refractivity contribution >= 4 is 5.97 Å². The first-order valence-corrected chi connectivity index (χ1v) is 5.74. The molecule has 1 N–H and O–H groups in total. The highest BCUT2D eigenvalue weighted by Gasteiger charge is 2.34. The third kappa shape index (κ3) is 2.26. The lowest BCUT2D eigenvalue weighted by Gasteiger charge is -2.17. The van der Waals surface area contributed by atoms with E-state index in [2.05, 4.69) is 0 Å². The van der Waals surface area contributed by atoms with E-state index in [9.17, 15) is 9.90 Å². The van der Waals surface area contributed by atoms with Gasteiger partial charge in [0.05, 0.1) is 32.8 Å². The van der Waals surface area contributed by atoms with Crippen LogP contribution >= 0.6 is 0 Å². The van der Waals surface area contributed by atoms with E-state index in [0.29, 0.717) is 30.1 Å². The topological polar surface area (TPSA) is 65.0 Å². The van der Waals surface area contributed by atoms with Gasteiger partial charge in [0.25, 0.3) is 0 Å². The van der Waals surface area contributed by atoms with Crippen molar-refractivity contribution in [1.82, 2.24) is 0 Å². The van der Waals surface area contributed by atoms with Gasteiger partial charge in [0.1, 0.15) is 0 Å². The second-order valence-electron chi connectivity index (χ2n) is 4.12. The van der Waals surface area contributed by atoms with Gasteiger partial charge in [-0.2, -0.15) is 0 Å². The van der Waals surface area contributed by atoms with Gasteiger partial charge in [0, 0.05) is 0 Å². The maximum Gasteiger partial charge on any atom is 0.312 e. The number of carbonyl (C=O) groups excluding carboxylic acids is 1. The minimum Gasteiger partial charge on any atom is -0.493 e. The second-order valence-corrected chi connectivity index (χ2v) is 4.12. The maximum atomic E-state index is 11.4. The first kappa shape index (κ1) is 12.7.